The van der Waals surface area contributed by atoms with Gasteiger partial charge in [-0.25, -0.2) is 9.78 Å². The average Bonchev–Trinajstić information content (AvgIpc) is 1.79. The molecule has 1 heterocycles. The molecule has 0 amide bonds. The van der Waals surface area contributed by atoms with Gasteiger partial charge in [-0.2, -0.15) is 0 Å². The largest absolute Gasteiger partial charge is 0.339 e. The van der Waals surface area contributed by atoms with Gasteiger partial charge in [0.15, 0.2) is 5.79 Å². The number of rotatable bonds is 0. The van der Waals surface area contributed by atoms with Crippen LogP contribution in [-0.4, -0.2) is 17.0 Å². The average molecular weight is 174 g/mol. The predicted octanol–water partition coefficient (Wildman–Crippen LogP) is 2.26. The Morgan fingerprint density at radius 1 is 0.667 bits per heavy atom. The van der Waals surface area contributed by atoms with Crippen LogP contribution in [0.2, 0.25) is 0 Å². The van der Waals surface area contributed by atoms with Crippen LogP contribution in [0.4, 0.5) is 0 Å². The molecule has 0 aromatic heterocycles. The maximum Gasteiger partial charge on any atom is 0.196 e. The van der Waals surface area contributed by atoms with Gasteiger partial charge in [-0.15, -0.1) is 0 Å². The molecular formula is C9H18O3. The van der Waals surface area contributed by atoms with E-state index in [0.29, 0.717) is 0 Å². The molecule has 3 heteroatoms. The second-order valence-electron chi connectivity index (χ2n) is 4.69. The van der Waals surface area contributed by atoms with Gasteiger partial charge in [-0.05, 0) is 41.5 Å². The fraction of sp³-hybridized carbons (Fsp3) is 1.00. The van der Waals surface area contributed by atoms with Gasteiger partial charge < -0.3 is 4.74 Å². The van der Waals surface area contributed by atoms with Gasteiger partial charge in [0, 0.05) is 0 Å². The van der Waals surface area contributed by atoms with Crippen molar-refractivity contribution in [3.05, 3.63) is 0 Å². The third kappa shape index (κ3) is 1.63. The van der Waals surface area contributed by atoms with Crippen LogP contribution in [0.1, 0.15) is 41.5 Å². The summed E-state index contributed by atoms with van der Waals surface area (Å²) >= 11 is 0. The Labute approximate surface area is 73.9 Å². The molecule has 0 atom stereocenters. The quantitative estimate of drug-likeness (QED) is 0.527. The molecule has 1 aliphatic heterocycles. The Kier molecular flexibility index (Phi) is 2.02. The predicted molar refractivity (Wildman–Crippen MR) is 45.5 cm³/mol. The van der Waals surface area contributed by atoms with Gasteiger partial charge in [0.1, 0.15) is 5.60 Å². The van der Waals surface area contributed by atoms with Gasteiger partial charge in [-0.1, -0.05) is 0 Å². The van der Waals surface area contributed by atoms with E-state index < -0.39 is 11.4 Å². The van der Waals surface area contributed by atoms with Crippen LogP contribution < -0.4 is 0 Å². The minimum Gasteiger partial charge on any atom is -0.339 e. The van der Waals surface area contributed by atoms with Crippen LogP contribution in [0.3, 0.4) is 0 Å². The van der Waals surface area contributed by atoms with E-state index in [2.05, 4.69) is 0 Å². The van der Waals surface area contributed by atoms with Crippen molar-refractivity contribution in [3.63, 3.8) is 0 Å². The standard InChI is InChI=1S/C9H18O3/c1-7(2)8(3,4)11-12-9(5,6)10-7/h1-6H3. The van der Waals surface area contributed by atoms with Gasteiger partial charge in [0.25, 0.3) is 0 Å². The topological polar surface area (TPSA) is 27.7 Å². The summed E-state index contributed by atoms with van der Waals surface area (Å²) in [5.74, 6) is -0.654. The summed E-state index contributed by atoms with van der Waals surface area (Å²) in [5.41, 5.74) is -0.753. The summed E-state index contributed by atoms with van der Waals surface area (Å²) < 4.78 is 5.73. The van der Waals surface area contributed by atoms with Crippen LogP contribution in [0.5, 0.6) is 0 Å². The molecule has 72 valence electrons. The number of ether oxygens (including phenoxy) is 1. The fourth-order valence-corrected chi connectivity index (χ4v) is 1.06. The van der Waals surface area contributed by atoms with E-state index in [9.17, 15) is 0 Å². The minimum atomic E-state index is -0.654. The van der Waals surface area contributed by atoms with E-state index in [1.165, 1.54) is 0 Å². The molecule has 0 N–H and O–H groups in total. The monoisotopic (exact) mass is 174 g/mol. The molecule has 0 spiro atoms. The van der Waals surface area contributed by atoms with Crippen LogP contribution in [-0.2, 0) is 14.5 Å². The highest BCUT2D eigenvalue weighted by atomic mass is 17.2. The maximum absolute atomic E-state index is 5.73. The third-order valence-corrected chi connectivity index (χ3v) is 2.40. The van der Waals surface area contributed by atoms with Crippen LogP contribution >= 0.6 is 0 Å². The zero-order valence-corrected chi connectivity index (χ0v) is 8.72. The second-order valence-corrected chi connectivity index (χ2v) is 4.69. The molecule has 1 saturated heterocycles. The minimum absolute atomic E-state index is 0.339. The molecule has 0 aromatic carbocycles. The molecule has 3 nitrogen and oxygen atoms in total. The van der Waals surface area contributed by atoms with E-state index in [-0.39, 0.29) is 5.60 Å². The highest BCUT2D eigenvalue weighted by Gasteiger charge is 2.49. The number of hydrogen-bond acceptors (Lipinski definition) is 3. The van der Waals surface area contributed by atoms with Crippen LogP contribution in [0.15, 0.2) is 0 Å². The molecule has 1 aliphatic rings. The first-order valence-electron chi connectivity index (χ1n) is 4.23. The Hall–Kier alpha value is -0.120. The molecule has 0 bridgehead atoms. The van der Waals surface area contributed by atoms with E-state index >= 15 is 0 Å². The lowest BCUT2D eigenvalue weighted by molar-refractivity contribution is -0.530. The number of hydrogen-bond donors (Lipinski definition) is 0. The molecule has 12 heavy (non-hydrogen) atoms. The van der Waals surface area contributed by atoms with Crippen molar-refractivity contribution in [1.29, 1.82) is 0 Å². The van der Waals surface area contributed by atoms with E-state index in [1.54, 1.807) is 0 Å². The SMILES string of the molecule is CC1(C)OOC(C)(C)C(C)(C)O1. The first-order chi connectivity index (χ1) is 5.16. The lowest BCUT2D eigenvalue weighted by Crippen LogP contribution is -2.59. The first-order valence-corrected chi connectivity index (χ1v) is 4.23. The third-order valence-electron chi connectivity index (χ3n) is 2.40. The molecular weight excluding hydrogens is 156 g/mol. The van der Waals surface area contributed by atoms with Crippen LogP contribution in [0.25, 0.3) is 0 Å². The van der Waals surface area contributed by atoms with E-state index in [4.69, 9.17) is 14.5 Å². The highest BCUT2D eigenvalue weighted by Crippen LogP contribution is 2.38. The van der Waals surface area contributed by atoms with Crippen LogP contribution in [0, 0.1) is 0 Å². The highest BCUT2D eigenvalue weighted by molar-refractivity contribution is 4.91. The smallest absolute Gasteiger partial charge is 0.196 e. The summed E-state index contributed by atoms with van der Waals surface area (Å²) in [4.78, 5) is 10.4. The Morgan fingerprint density at radius 3 is 1.50 bits per heavy atom. The summed E-state index contributed by atoms with van der Waals surface area (Å²) in [6.07, 6.45) is 0. The summed E-state index contributed by atoms with van der Waals surface area (Å²) in [7, 11) is 0. The Bertz CT molecular complexity index is 182. The van der Waals surface area contributed by atoms with Crippen molar-refractivity contribution in [2.24, 2.45) is 0 Å². The van der Waals surface area contributed by atoms with E-state index in [0.717, 1.165) is 0 Å². The molecule has 0 saturated carbocycles. The lowest BCUT2D eigenvalue weighted by Gasteiger charge is -2.49. The Morgan fingerprint density at radius 2 is 1.17 bits per heavy atom. The summed E-state index contributed by atoms with van der Waals surface area (Å²) in [6.45, 7) is 11.6. The maximum atomic E-state index is 5.73. The molecule has 0 aliphatic carbocycles. The van der Waals surface area contributed by atoms with Crippen molar-refractivity contribution < 1.29 is 14.5 Å². The second kappa shape index (κ2) is 2.44. The zero-order chi connectivity index (χ0) is 9.62. The van der Waals surface area contributed by atoms with Gasteiger partial charge in [-0.3, -0.25) is 0 Å². The van der Waals surface area contributed by atoms with Crippen molar-refractivity contribution in [2.75, 3.05) is 0 Å². The Balaban J connectivity index is 2.82. The fourth-order valence-electron chi connectivity index (χ4n) is 1.06. The zero-order valence-electron chi connectivity index (χ0n) is 8.72. The van der Waals surface area contributed by atoms with Gasteiger partial charge in [0.2, 0.25) is 0 Å². The normalized spacial score (nSPS) is 31.5. The van der Waals surface area contributed by atoms with E-state index in [1.807, 2.05) is 41.5 Å². The summed E-state index contributed by atoms with van der Waals surface area (Å²) in [5, 5.41) is 0. The lowest BCUT2D eigenvalue weighted by atomic mass is 9.88. The summed E-state index contributed by atoms with van der Waals surface area (Å²) in [6, 6.07) is 0. The van der Waals surface area contributed by atoms with Crippen molar-refractivity contribution in [1.82, 2.24) is 0 Å². The molecule has 0 aromatic rings. The molecule has 0 unspecified atom stereocenters. The van der Waals surface area contributed by atoms with Gasteiger partial charge in [0.05, 0.1) is 5.60 Å². The van der Waals surface area contributed by atoms with Crippen molar-refractivity contribution in [2.45, 2.75) is 58.5 Å². The van der Waals surface area contributed by atoms with Crippen molar-refractivity contribution >= 4 is 0 Å². The first kappa shape index (κ1) is 9.96. The molecule has 1 rings (SSSR count). The molecule has 1 fully saturated rings. The van der Waals surface area contributed by atoms with Crippen molar-refractivity contribution in [3.8, 4) is 0 Å². The molecule has 0 radical (unpaired) electrons. The van der Waals surface area contributed by atoms with Gasteiger partial charge >= 0.3 is 0 Å².